The number of fused-ring (bicyclic) bond motifs is 6. The minimum atomic E-state index is -3.88. The first-order valence-corrected chi connectivity index (χ1v) is 22.6. The molecule has 8 rings (SSSR count). The molecule has 6 nitrogen and oxygen atoms in total. The molecule has 0 amide bonds. The van der Waals surface area contributed by atoms with E-state index in [-0.39, 0.29) is 9.79 Å². The Balaban J connectivity index is 1.13. The van der Waals surface area contributed by atoms with Crippen LogP contribution in [0.2, 0.25) is 0 Å². The van der Waals surface area contributed by atoms with Gasteiger partial charge in [-0.25, -0.2) is 18.4 Å². The topological polar surface area (TPSA) is 69.8 Å². The summed E-state index contributed by atoms with van der Waals surface area (Å²) in [6.45, 7) is 8.91. The fraction of sp³-hybridized carbons (Fsp3) is 0.320. The second-order valence-electron chi connectivity index (χ2n) is 15.7. The molecule has 7 heteroatoms. The predicted octanol–water partition coefficient (Wildman–Crippen LogP) is 12.9. The van der Waals surface area contributed by atoms with Gasteiger partial charge < -0.3 is 0 Å². The zero-order valence-electron chi connectivity index (χ0n) is 33.9. The van der Waals surface area contributed by atoms with Crippen LogP contribution in [0.5, 0.6) is 0 Å². The van der Waals surface area contributed by atoms with E-state index in [1.807, 2.05) is 12.1 Å². The number of hydrogen-bond donors (Lipinski definition) is 0. The van der Waals surface area contributed by atoms with E-state index in [4.69, 9.17) is 9.97 Å². The Kier molecular flexibility index (Phi) is 11.3. The van der Waals surface area contributed by atoms with Crippen molar-refractivity contribution in [1.82, 2.24) is 19.1 Å². The molecule has 0 saturated heterocycles. The Morgan fingerprint density at radius 1 is 0.421 bits per heavy atom. The molecule has 4 heterocycles. The molecule has 0 saturated carbocycles. The van der Waals surface area contributed by atoms with Crippen LogP contribution in [0.3, 0.4) is 0 Å². The zero-order valence-corrected chi connectivity index (χ0v) is 34.7. The van der Waals surface area contributed by atoms with Crippen molar-refractivity contribution in [2.24, 2.45) is 0 Å². The van der Waals surface area contributed by atoms with Gasteiger partial charge >= 0.3 is 0 Å². The molecule has 4 aromatic heterocycles. The molecule has 0 bridgehead atoms. The molecule has 8 aromatic rings. The fourth-order valence-electron chi connectivity index (χ4n) is 8.34. The van der Waals surface area contributed by atoms with Gasteiger partial charge in [-0.05, 0) is 146 Å². The Morgan fingerprint density at radius 2 is 0.719 bits per heavy atom. The Hall–Kier alpha value is -5.27. The lowest BCUT2D eigenvalue weighted by atomic mass is 10.0. The molecule has 4 aromatic carbocycles. The van der Waals surface area contributed by atoms with Crippen LogP contribution in [-0.2, 0) is 35.5 Å². The molecular weight excluding hydrogens is 721 g/mol. The number of pyridine rings is 2. The number of hydrogen-bond acceptors (Lipinski definition) is 4. The van der Waals surface area contributed by atoms with Crippen molar-refractivity contribution in [3.05, 3.63) is 132 Å². The molecule has 0 fully saturated rings. The first kappa shape index (κ1) is 38.6. The number of benzene rings is 4. The van der Waals surface area contributed by atoms with Crippen molar-refractivity contribution in [2.45, 2.75) is 115 Å². The lowest BCUT2D eigenvalue weighted by molar-refractivity contribution is 0.595. The van der Waals surface area contributed by atoms with Gasteiger partial charge in [-0.15, -0.1) is 0 Å². The third-order valence-corrected chi connectivity index (χ3v) is 13.3. The summed E-state index contributed by atoms with van der Waals surface area (Å²) in [6, 6.07) is 34.0. The first-order chi connectivity index (χ1) is 27.8. The molecule has 0 spiro atoms. The van der Waals surface area contributed by atoms with E-state index in [0.717, 1.165) is 99.1 Å². The number of aryl methyl sites for hydroxylation is 4. The number of rotatable bonds is 16. The van der Waals surface area contributed by atoms with Gasteiger partial charge in [0.1, 0.15) is 11.6 Å². The van der Waals surface area contributed by atoms with Crippen molar-refractivity contribution in [3.8, 4) is 11.6 Å². The van der Waals surface area contributed by atoms with Crippen molar-refractivity contribution >= 4 is 53.4 Å². The summed E-state index contributed by atoms with van der Waals surface area (Å²) in [5, 5.41) is 4.83. The van der Waals surface area contributed by atoms with Gasteiger partial charge in [0.25, 0.3) is 0 Å². The predicted molar refractivity (Wildman–Crippen MR) is 237 cm³/mol. The molecular formula is C50H54N4O2S. The van der Waals surface area contributed by atoms with Gasteiger partial charge in [-0.3, -0.25) is 9.13 Å². The molecule has 0 atom stereocenters. The quantitative estimate of drug-likeness (QED) is 0.0980. The SMILES string of the molecule is CCCCc1ccc2c(c1)c1cc(CCCC)ccc1n2-c1ccc(S(=O)(=O)c2ccc(-n3c4ccc(CCCC)cc4c4cc(CCCC)ccc43)nc2)cn1. The smallest absolute Gasteiger partial charge is 0.209 e. The summed E-state index contributed by atoms with van der Waals surface area (Å²) in [5.74, 6) is 1.37. The highest BCUT2D eigenvalue weighted by Gasteiger charge is 2.22. The van der Waals surface area contributed by atoms with Crippen LogP contribution in [0.4, 0.5) is 0 Å². The summed E-state index contributed by atoms with van der Waals surface area (Å²) in [6.07, 6.45) is 16.4. The largest absolute Gasteiger partial charge is 0.294 e. The third kappa shape index (κ3) is 7.50. The highest BCUT2D eigenvalue weighted by Crippen LogP contribution is 2.36. The van der Waals surface area contributed by atoms with Gasteiger partial charge in [0.05, 0.1) is 31.9 Å². The average molecular weight is 775 g/mol. The van der Waals surface area contributed by atoms with Crippen LogP contribution in [0.25, 0.3) is 55.2 Å². The van der Waals surface area contributed by atoms with Crippen LogP contribution in [0, 0.1) is 0 Å². The molecule has 0 aliphatic heterocycles. The molecule has 0 unspecified atom stereocenters. The lowest BCUT2D eigenvalue weighted by Gasteiger charge is -2.11. The zero-order chi connectivity index (χ0) is 39.5. The normalized spacial score (nSPS) is 12.1. The summed E-state index contributed by atoms with van der Waals surface area (Å²) in [5.41, 5.74) is 9.62. The number of aromatic nitrogens is 4. The van der Waals surface area contributed by atoms with E-state index in [1.165, 1.54) is 56.2 Å². The van der Waals surface area contributed by atoms with Gasteiger partial charge in [-0.1, -0.05) is 77.6 Å². The van der Waals surface area contributed by atoms with Crippen LogP contribution in [0.1, 0.15) is 101 Å². The standard InChI is InChI=1S/C50H54N4O2S/c1-5-9-13-35-17-23-45-41(29-35)42-30-36(14-10-6-2)18-24-46(42)53(45)49-27-21-39(33-51-49)57(55,56)40-22-28-50(52-34-40)54-47-25-19-37(15-11-7-3)31-43(47)44-32-38(16-12-8-4)20-26-48(44)54/h17-34H,5-16H2,1-4H3. The average Bonchev–Trinajstić information content (AvgIpc) is 3.74. The van der Waals surface area contributed by atoms with Gasteiger partial charge in [0, 0.05) is 33.9 Å². The first-order valence-electron chi connectivity index (χ1n) is 21.1. The van der Waals surface area contributed by atoms with Crippen molar-refractivity contribution in [2.75, 3.05) is 0 Å². The second kappa shape index (κ2) is 16.7. The molecule has 0 aliphatic carbocycles. The monoisotopic (exact) mass is 774 g/mol. The maximum absolute atomic E-state index is 14.1. The maximum atomic E-state index is 14.1. The number of sulfone groups is 1. The van der Waals surface area contributed by atoms with Crippen molar-refractivity contribution < 1.29 is 8.42 Å². The molecule has 0 aliphatic rings. The van der Waals surface area contributed by atoms with E-state index < -0.39 is 9.84 Å². The fourth-order valence-corrected chi connectivity index (χ4v) is 9.49. The highest BCUT2D eigenvalue weighted by molar-refractivity contribution is 7.91. The third-order valence-electron chi connectivity index (χ3n) is 11.6. The lowest BCUT2D eigenvalue weighted by Crippen LogP contribution is -2.06. The van der Waals surface area contributed by atoms with E-state index in [2.05, 4.69) is 110 Å². The molecule has 0 radical (unpaired) electrons. The Bertz CT molecular complexity index is 2480. The van der Waals surface area contributed by atoms with E-state index in [0.29, 0.717) is 11.6 Å². The summed E-state index contributed by atoms with van der Waals surface area (Å²) in [4.78, 5) is 9.87. The second-order valence-corrected chi connectivity index (χ2v) is 17.6. The summed E-state index contributed by atoms with van der Waals surface area (Å²) in [7, 11) is -3.88. The Morgan fingerprint density at radius 3 is 0.965 bits per heavy atom. The van der Waals surface area contributed by atoms with Gasteiger partial charge in [0.15, 0.2) is 0 Å². The van der Waals surface area contributed by atoms with Gasteiger partial charge in [0.2, 0.25) is 9.84 Å². The van der Waals surface area contributed by atoms with Gasteiger partial charge in [-0.2, -0.15) is 0 Å². The van der Waals surface area contributed by atoms with Crippen LogP contribution in [0.15, 0.2) is 119 Å². The summed E-state index contributed by atoms with van der Waals surface area (Å²) < 4.78 is 32.5. The number of unbranched alkanes of at least 4 members (excludes halogenated alkanes) is 4. The number of nitrogens with zero attached hydrogens (tertiary/aromatic N) is 4. The summed E-state index contributed by atoms with van der Waals surface area (Å²) >= 11 is 0. The van der Waals surface area contributed by atoms with E-state index in [9.17, 15) is 8.42 Å². The molecule has 57 heavy (non-hydrogen) atoms. The van der Waals surface area contributed by atoms with E-state index in [1.54, 1.807) is 12.1 Å². The van der Waals surface area contributed by atoms with Crippen molar-refractivity contribution in [3.63, 3.8) is 0 Å². The maximum Gasteiger partial charge on any atom is 0.209 e. The molecule has 0 N–H and O–H groups in total. The van der Waals surface area contributed by atoms with Crippen LogP contribution in [-0.4, -0.2) is 27.5 Å². The highest BCUT2D eigenvalue weighted by atomic mass is 32.2. The van der Waals surface area contributed by atoms with Crippen LogP contribution >= 0.6 is 0 Å². The van der Waals surface area contributed by atoms with Crippen LogP contribution < -0.4 is 0 Å². The van der Waals surface area contributed by atoms with E-state index >= 15 is 0 Å². The molecule has 292 valence electrons. The Labute approximate surface area is 337 Å². The van der Waals surface area contributed by atoms with Crippen molar-refractivity contribution in [1.29, 1.82) is 0 Å². The minimum absolute atomic E-state index is 0.140. The minimum Gasteiger partial charge on any atom is -0.294 e.